The molecule has 0 saturated heterocycles. The molecule has 0 spiro atoms. The molecule has 5 heteroatoms. The quantitative estimate of drug-likeness (QED) is 0.639. The summed E-state index contributed by atoms with van der Waals surface area (Å²) < 4.78 is 14.4. The first-order valence-electron chi connectivity index (χ1n) is 3.41. The van der Waals surface area contributed by atoms with Crippen LogP contribution in [0.5, 0.6) is 0 Å². The molecule has 0 amide bonds. The van der Waals surface area contributed by atoms with Crippen LogP contribution in [0.1, 0.15) is 13.8 Å². The van der Waals surface area contributed by atoms with Gasteiger partial charge in [-0.1, -0.05) is 0 Å². The maximum absolute atomic E-state index is 9.97. The molecule has 0 atom stereocenters. The van der Waals surface area contributed by atoms with Gasteiger partial charge in [-0.3, -0.25) is 0 Å². The maximum Gasteiger partial charge on any atom is 0.506 e. The number of rotatable bonds is 2. The minimum atomic E-state index is -1.33. The van der Waals surface area contributed by atoms with Crippen LogP contribution in [0.2, 0.25) is 0 Å². The number of ether oxygens (including phenoxy) is 3. The molecule has 1 aliphatic rings. The van der Waals surface area contributed by atoms with E-state index in [1.54, 1.807) is 13.8 Å². The van der Waals surface area contributed by atoms with Crippen LogP contribution in [0.3, 0.4) is 0 Å². The predicted octanol–water partition coefficient (Wildman–Crippen LogP) is 1.31. The summed E-state index contributed by atoms with van der Waals surface area (Å²) in [5.74, 6) is -0.334. The molecule has 1 heterocycles. The van der Waals surface area contributed by atoms with Crippen molar-refractivity contribution in [2.45, 2.75) is 19.6 Å². The third-order valence-electron chi connectivity index (χ3n) is 1.19. The first kappa shape index (κ1) is 8.70. The lowest BCUT2D eigenvalue weighted by atomic mass is 10.4. The van der Waals surface area contributed by atoms with Crippen molar-refractivity contribution in [3.63, 3.8) is 0 Å². The highest BCUT2D eigenvalue weighted by molar-refractivity contribution is 5.56. The lowest BCUT2D eigenvalue weighted by Crippen LogP contribution is -2.21. The molecule has 68 valence electrons. The highest BCUT2D eigenvalue weighted by Crippen LogP contribution is 2.23. The molecule has 0 aromatic carbocycles. The first-order chi connectivity index (χ1) is 5.49. The van der Waals surface area contributed by atoms with Crippen molar-refractivity contribution in [1.29, 1.82) is 0 Å². The van der Waals surface area contributed by atoms with Gasteiger partial charge in [-0.15, -0.1) is 0 Å². The molecule has 0 aliphatic carbocycles. The minimum Gasteiger partial charge on any atom is -0.457 e. The van der Waals surface area contributed by atoms with Crippen molar-refractivity contribution >= 4 is 6.16 Å². The van der Waals surface area contributed by atoms with Crippen molar-refractivity contribution in [3.05, 3.63) is 12.0 Å². The van der Waals surface area contributed by atoms with E-state index in [4.69, 9.17) is 14.6 Å². The summed E-state index contributed by atoms with van der Waals surface area (Å²) in [5, 5.41) is 8.16. The molecule has 0 unspecified atom stereocenters. The van der Waals surface area contributed by atoms with E-state index in [2.05, 4.69) is 4.74 Å². The van der Waals surface area contributed by atoms with E-state index in [0.29, 0.717) is 5.76 Å². The molecule has 5 nitrogen and oxygen atoms in total. The van der Waals surface area contributed by atoms with Crippen LogP contribution in [-0.2, 0) is 14.2 Å². The van der Waals surface area contributed by atoms with Gasteiger partial charge >= 0.3 is 6.16 Å². The molecule has 1 N–H and O–H groups in total. The van der Waals surface area contributed by atoms with Gasteiger partial charge in [-0.25, -0.2) is 4.79 Å². The molecule has 0 fully saturated rings. The normalized spacial score (nSPS) is 19.0. The lowest BCUT2D eigenvalue weighted by Gasteiger charge is -2.17. The molecular formula is C7H10O5. The van der Waals surface area contributed by atoms with E-state index in [1.807, 2.05) is 0 Å². The Morgan fingerprint density at radius 2 is 2.42 bits per heavy atom. The summed E-state index contributed by atoms with van der Waals surface area (Å²) >= 11 is 0. The zero-order valence-electron chi connectivity index (χ0n) is 6.86. The van der Waals surface area contributed by atoms with Gasteiger partial charge in [0, 0.05) is 13.8 Å². The highest BCUT2D eigenvalue weighted by atomic mass is 16.7. The number of hydrogen-bond acceptors (Lipinski definition) is 4. The smallest absolute Gasteiger partial charge is 0.457 e. The third-order valence-corrected chi connectivity index (χ3v) is 1.19. The molecule has 1 rings (SSSR count). The standard InChI is InChI=1S/C7H10O5/c1-7(2)11-4-5(12-7)3-10-6(8)9/h4H,3H2,1-2H3,(H,8,9). The second-order valence-electron chi connectivity index (χ2n) is 2.76. The predicted molar refractivity (Wildman–Crippen MR) is 38.3 cm³/mol. The van der Waals surface area contributed by atoms with Crippen LogP contribution in [0.15, 0.2) is 12.0 Å². The second-order valence-corrected chi connectivity index (χ2v) is 2.76. The van der Waals surface area contributed by atoms with Crippen molar-refractivity contribution in [3.8, 4) is 0 Å². The van der Waals surface area contributed by atoms with E-state index < -0.39 is 11.9 Å². The van der Waals surface area contributed by atoms with Crippen LogP contribution in [0, 0.1) is 0 Å². The molecule has 0 saturated carbocycles. The molecule has 0 aromatic heterocycles. The van der Waals surface area contributed by atoms with Crippen LogP contribution < -0.4 is 0 Å². The monoisotopic (exact) mass is 174 g/mol. The van der Waals surface area contributed by atoms with Crippen LogP contribution in [0.4, 0.5) is 4.79 Å². The zero-order chi connectivity index (χ0) is 9.19. The Labute approximate surface area is 69.5 Å². The maximum atomic E-state index is 9.97. The van der Waals surface area contributed by atoms with E-state index in [1.165, 1.54) is 6.26 Å². The van der Waals surface area contributed by atoms with Gasteiger partial charge in [0.1, 0.15) is 6.26 Å². The SMILES string of the molecule is CC1(C)OC=C(COC(=O)O)O1. The molecule has 1 aliphatic heterocycles. The molecule has 0 bridgehead atoms. The average Bonchev–Trinajstić information content (AvgIpc) is 2.26. The Balaban J connectivity index is 2.33. The fraction of sp³-hybridized carbons (Fsp3) is 0.571. The Morgan fingerprint density at radius 3 is 2.83 bits per heavy atom. The Hall–Kier alpha value is -1.39. The third kappa shape index (κ3) is 2.34. The van der Waals surface area contributed by atoms with Crippen molar-refractivity contribution in [1.82, 2.24) is 0 Å². The Kier molecular flexibility index (Phi) is 2.12. The summed E-state index contributed by atoms with van der Waals surface area (Å²) in [6.07, 6.45) is 0.0207. The minimum absolute atomic E-state index is 0.112. The fourth-order valence-electron chi connectivity index (χ4n) is 0.768. The van der Waals surface area contributed by atoms with Gasteiger partial charge < -0.3 is 19.3 Å². The fourth-order valence-corrected chi connectivity index (χ4v) is 0.768. The van der Waals surface area contributed by atoms with Gasteiger partial charge in [0.2, 0.25) is 5.79 Å². The summed E-state index contributed by atoms with van der Waals surface area (Å²) in [7, 11) is 0. The largest absolute Gasteiger partial charge is 0.506 e. The highest BCUT2D eigenvalue weighted by Gasteiger charge is 2.27. The van der Waals surface area contributed by atoms with Gasteiger partial charge in [0.25, 0.3) is 0 Å². The zero-order valence-corrected chi connectivity index (χ0v) is 6.86. The van der Waals surface area contributed by atoms with E-state index >= 15 is 0 Å². The average molecular weight is 174 g/mol. The summed E-state index contributed by atoms with van der Waals surface area (Å²) in [6, 6.07) is 0. The Morgan fingerprint density at radius 1 is 1.75 bits per heavy atom. The van der Waals surface area contributed by atoms with E-state index in [9.17, 15) is 4.79 Å². The van der Waals surface area contributed by atoms with Crippen molar-refractivity contribution in [2.24, 2.45) is 0 Å². The molecule has 12 heavy (non-hydrogen) atoms. The Bertz CT molecular complexity index is 218. The van der Waals surface area contributed by atoms with Gasteiger partial charge in [-0.2, -0.15) is 0 Å². The molecule has 0 radical (unpaired) electrons. The van der Waals surface area contributed by atoms with E-state index in [-0.39, 0.29) is 6.61 Å². The van der Waals surface area contributed by atoms with Crippen LogP contribution in [-0.4, -0.2) is 23.7 Å². The van der Waals surface area contributed by atoms with Gasteiger partial charge in [-0.05, 0) is 0 Å². The first-order valence-corrected chi connectivity index (χ1v) is 3.41. The summed E-state index contributed by atoms with van der Waals surface area (Å²) in [6.45, 7) is 3.33. The second kappa shape index (κ2) is 2.92. The van der Waals surface area contributed by atoms with Gasteiger partial charge in [0.15, 0.2) is 12.4 Å². The van der Waals surface area contributed by atoms with Crippen molar-refractivity contribution in [2.75, 3.05) is 6.61 Å². The van der Waals surface area contributed by atoms with Gasteiger partial charge in [0.05, 0.1) is 0 Å². The van der Waals surface area contributed by atoms with Crippen LogP contribution in [0.25, 0.3) is 0 Å². The lowest BCUT2D eigenvalue weighted by molar-refractivity contribution is -0.120. The number of hydrogen-bond donors (Lipinski definition) is 1. The number of carbonyl (C=O) groups is 1. The van der Waals surface area contributed by atoms with E-state index in [0.717, 1.165) is 0 Å². The molecule has 0 aromatic rings. The van der Waals surface area contributed by atoms with Crippen LogP contribution >= 0.6 is 0 Å². The topological polar surface area (TPSA) is 65.0 Å². The molecular weight excluding hydrogens is 164 g/mol. The summed E-state index contributed by atoms with van der Waals surface area (Å²) in [5.41, 5.74) is 0. The van der Waals surface area contributed by atoms with Crippen molar-refractivity contribution < 1.29 is 24.1 Å². The summed E-state index contributed by atoms with van der Waals surface area (Å²) in [4.78, 5) is 9.97. The number of carboxylic acid groups (broad SMARTS) is 1.